The largest absolute Gasteiger partial charge is 0.472 e. The number of quaternary nitrogens is 1. The average molecular weight is 511 g/mol. The van der Waals surface area contributed by atoms with E-state index in [0.717, 1.165) is 12.8 Å². The van der Waals surface area contributed by atoms with Crippen LogP contribution >= 0.6 is 7.82 Å². The molecule has 0 rings (SSSR count). The molecule has 9 nitrogen and oxygen atoms in total. The SMILES string of the molecule is CCCCCCCCCCCCC(=O)OC(COC(=O)CC)COP(=O)(O)OCC[N+](C)(C)C. The molecule has 0 aromatic rings. The number of esters is 2. The van der Waals surface area contributed by atoms with Crippen molar-refractivity contribution in [3.05, 3.63) is 0 Å². The maximum Gasteiger partial charge on any atom is 0.472 e. The van der Waals surface area contributed by atoms with Gasteiger partial charge in [-0.3, -0.25) is 18.6 Å². The molecule has 2 atom stereocenters. The summed E-state index contributed by atoms with van der Waals surface area (Å²) in [6.45, 7) is 3.76. The number of phosphoric acid groups is 1. The fraction of sp³-hybridized carbons (Fsp3) is 0.917. The van der Waals surface area contributed by atoms with Gasteiger partial charge < -0.3 is 18.9 Å². The molecule has 0 radical (unpaired) electrons. The summed E-state index contributed by atoms with van der Waals surface area (Å²) in [5.74, 6) is -0.901. The highest BCUT2D eigenvalue weighted by molar-refractivity contribution is 7.47. The molecule has 0 aliphatic rings. The molecular weight excluding hydrogens is 461 g/mol. The van der Waals surface area contributed by atoms with Crippen molar-refractivity contribution in [1.82, 2.24) is 0 Å². The molecule has 0 aromatic heterocycles. The van der Waals surface area contributed by atoms with Crippen molar-refractivity contribution in [2.24, 2.45) is 0 Å². The van der Waals surface area contributed by atoms with Crippen LogP contribution < -0.4 is 0 Å². The number of ether oxygens (including phenoxy) is 2. The Morgan fingerprint density at radius 1 is 0.824 bits per heavy atom. The van der Waals surface area contributed by atoms with E-state index in [1.54, 1.807) is 6.92 Å². The number of carbonyl (C=O) groups excluding carboxylic acids is 2. The van der Waals surface area contributed by atoms with Crippen LogP contribution in [0, 0.1) is 0 Å². The van der Waals surface area contributed by atoms with Crippen molar-refractivity contribution >= 4 is 19.8 Å². The van der Waals surface area contributed by atoms with Gasteiger partial charge in [0.1, 0.15) is 19.8 Å². The van der Waals surface area contributed by atoms with E-state index < -0.39 is 32.5 Å². The lowest BCUT2D eigenvalue weighted by Crippen LogP contribution is -2.37. The monoisotopic (exact) mass is 510 g/mol. The molecule has 0 aromatic carbocycles. The Morgan fingerprint density at radius 2 is 1.38 bits per heavy atom. The van der Waals surface area contributed by atoms with Crippen LogP contribution in [-0.2, 0) is 32.7 Å². The molecule has 0 saturated carbocycles. The van der Waals surface area contributed by atoms with Gasteiger partial charge in [0.25, 0.3) is 0 Å². The van der Waals surface area contributed by atoms with Gasteiger partial charge in [0.15, 0.2) is 6.10 Å². The summed E-state index contributed by atoms with van der Waals surface area (Å²) in [5.41, 5.74) is 0. The van der Waals surface area contributed by atoms with Crippen LogP contribution in [0.4, 0.5) is 0 Å². The van der Waals surface area contributed by atoms with Crippen LogP contribution in [-0.4, -0.2) is 74.9 Å². The molecule has 0 amide bonds. The van der Waals surface area contributed by atoms with E-state index in [-0.39, 0.29) is 26.1 Å². The Hall–Kier alpha value is -0.990. The summed E-state index contributed by atoms with van der Waals surface area (Å²) >= 11 is 0. The molecule has 0 fully saturated rings. The first-order valence-electron chi connectivity index (χ1n) is 12.8. The van der Waals surface area contributed by atoms with Gasteiger partial charge in [-0.05, 0) is 6.42 Å². The minimum atomic E-state index is -4.32. The van der Waals surface area contributed by atoms with Gasteiger partial charge in [-0.15, -0.1) is 0 Å². The van der Waals surface area contributed by atoms with Gasteiger partial charge in [-0.2, -0.15) is 0 Å². The second-order valence-corrected chi connectivity index (χ2v) is 11.1. The summed E-state index contributed by atoms with van der Waals surface area (Å²) in [6, 6.07) is 0. The Balaban J connectivity index is 4.31. The first-order chi connectivity index (χ1) is 16.0. The summed E-state index contributed by atoms with van der Waals surface area (Å²) in [6.07, 6.45) is 11.0. The number of likely N-dealkylation sites (N-methyl/N-ethyl adjacent to an activating group) is 1. The van der Waals surface area contributed by atoms with E-state index in [4.69, 9.17) is 18.5 Å². The minimum absolute atomic E-state index is 0.0330. The highest BCUT2D eigenvalue weighted by Gasteiger charge is 2.26. The topological polar surface area (TPSA) is 108 Å². The number of unbranched alkanes of at least 4 members (excludes halogenated alkanes) is 9. The molecular formula is C24H49NO8P+. The smallest absolute Gasteiger partial charge is 0.462 e. The van der Waals surface area contributed by atoms with E-state index in [1.807, 2.05) is 21.1 Å². The fourth-order valence-corrected chi connectivity index (χ4v) is 3.79. The zero-order chi connectivity index (χ0) is 25.9. The maximum atomic E-state index is 12.2. The average Bonchev–Trinajstić information content (AvgIpc) is 2.75. The van der Waals surface area contributed by atoms with Gasteiger partial charge in [-0.1, -0.05) is 71.6 Å². The highest BCUT2D eigenvalue weighted by atomic mass is 31.2. The normalized spacial score (nSPS) is 14.4. The lowest BCUT2D eigenvalue weighted by Gasteiger charge is -2.24. The molecule has 34 heavy (non-hydrogen) atoms. The van der Waals surface area contributed by atoms with Crippen molar-refractivity contribution < 1.29 is 42.1 Å². The van der Waals surface area contributed by atoms with Crippen molar-refractivity contribution in [2.75, 3.05) is 47.5 Å². The van der Waals surface area contributed by atoms with E-state index in [9.17, 15) is 19.0 Å². The number of carbonyl (C=O) groups is 2. The molecule has 10 heteroatoms. The second kappa shape index (κ2) is 19.2. The molecule has 2 unspecified atom stereocenters. The predicted octanol–water partition coefficient (Wildman–Crippen LogP) is 5.00. The predicted molar refractivity (Wildman–Crippen MR) is 132 cm³/mol. The van der Waals surface area contributed by atoms with E-state index in [1.165, 1.54) is 44.9 Å². The Kier molecular flexibility index (Phi) is 18.7. The van der Waals surface area contributed by atoms with Crippen LogP contribution in [0.1, 0.15) is 90.9 Å². The lowest BCUT2D eigenvalue weighted by atomic mass is 10.1. The summed E-state index contributed by atoms with van der Waals surface area (Å²) in [5, 5.41) is 0. The van der Waals surface area contributed by atoms with Gasteiger partial charge in [0.05, 0.1) is 27.7 Å². The zero-order valence-corrected chi connectivity index (χ0v) is 23.0. The molecule has 0 aliphatic heterocycles. The maximum absolute atomic E-state index is 12.2. The van der Waals surface area contributed by atoms with Crippen LogP contribution in [0.2, 0.25) is 0 Å². The zero-order valence-electron chi connectivity index (χ0n) is 22.1. The van der Waals surface area contributed by atoms with Gasteiger partial charge >= 0.3 is 19.8 Å². The summed E-state index contributed by atoms with van der Waals surface area (Å²) in [7, 11) is 1.47. The van der Waals surface area contributed by atoms with Gasteiger partial charge in [0.2, 0.25) is 0 Å². The standard InChI is InChI=1S/C24H48NO8P/c1-6-8-9-10-11-12-13-14-15-16-17-24(27)33-22(20-30-23(26)7-2)21-32-34(28,29)31-19-18-25(3,4)5/h22H,6-21H2,1-5H3/p+1. The van der Waals surface area contributed by atoms with E-state index in [2.05, 4.69) is 6.92 Å². The first-order valence-corrected chi connectivity index (χ1v) is 14.3. The molecule has 0 aliphatic carbocycles. The molecule has 1 N–H and O–H groups in total. The Labute approximate surface area is 206 Å². The summed E-state index contributed by atoms with van der Waals surface area (Å²) < 4.78 is 33.0. The minimum Gasteiger partial charge on any atom is -0.462 e. The number of nitrogens with zero attached hydrogens (tertiary/aromatic N) is 1. The van der Waals surface area contributed by atoms with Crippen LogP contribution in [0.15, 0.2) is 0 Å². The van der Waals surface area contributed by atoms with Crippen LogP contribution in [0.3, 0.4) is 0 Å². The quantitative estimate of drug-likeness (QED) is 0.0938. The molecule has 0 saturated heterocycles. The van der Waals surface area contributed by atoms with Crippen molar-refractivity contribution in [3.8, 4) is 0 Å². The van der Waals surface area contributed by atoms with Crippen LogP contribution in [0.25, 0.3) is 0 Å². The molecule has 0 bridgehead atoms. The third kappa shape index (κ3) is 21.5. The van der Waals surface area contributed by atoms with Gasteiger partial charge in [0, 0.05) is 12.8 Å². The number of phosphoric ester groups is 1. The number of hydrogen-bond donors (Lipinski definition) is 1. The summed E-state index contributed by atoms with van der Waals surface area (Å²) in [4.78, 5) is 33.6. The number of rotatable bonds is 22. The van der Waals surface area contributed by atoms with Crippen LogP contribution in [0.5, 0.6) is 0 Å². The fourth-order valence-electron chi connectivity index (χ4n) is 3.05. The Bertz CT molecular complexity index is 594. The first kappa shape index (κ1) is 33.0. The number of hydrogen-bond acceptors (Lipinski definition) is 7. The third-order valence-electron chi connectivity index (χ3n) is 5.19. The van der Waals surface area contributed by atoms with Gasteiger partial charge in [-0.25, -0.2) is 4.57 Å². The third-order valence-corrected chi connectivity index (χ3v) is 6.18. The van der Waals surface area contributed by atoms with Crippen molar-refractivity contribution in [1.29, 1.82) is 0 Å². The molecule has 202 valence electrons. The molecule has 0 spiro atoms. The second-order valence-electron chi connectivity index (χ2n) is 9.69. The van der Waals surface area contributed by atoms with E-state index in [0.29, 0.717) is 17.4 Å². The van der Waals surface area contributed by atoms with E-state index >= 15 is 0 Å². The van der Waals surface area contributed by atoms with Crippen molar-refractivity contribution in [2.45, 2.75) is 97.0 Å². The van der Waals surface area contributed by atoms with Crippen molar-refractivity contribution in [3.63, 3.8) is 0 Å². The highest BCUT2D eigenvalue weighted by Crippen LogP contribution is 2.43. The lowest BCUT2D eigenvalue weighted by molar-refractivity contribution is -0.870. The Morgan fingerprint density at radius 3 is 1.91 bits per heavy atom. The molecule has 0 heterocycles.